The number of amides is 2. The van der Waals surface area contributed by atoms with Crippen LogP contribution >= 0.6 is 22.9 Å². The highest BCUT2D eigenvalue weighted by Gasteiger charge is 2.12. The largest absolute Gasteiger partial charge is 0.487 e. The first-order valence-electron chi connectivity index (χ1n) is 8.22. The van der Waals surface area contributed by atoms with Gasteiger partial charge in [0, 0.05) is 19.6 Å². The highest BCUT2D eigenvalue weighted by Crippen LogP contribution is 2.32. The number of thiophene rings is 1. The lowest BCUT2D eigenvalue weighted by molar-refractivity contribution is -0.116. The number of carbonyl (C=O) groups is 2. The van der Waals surface area contributed by atoms with Gasteiger partial charge in [-0.05, 0) is 30.5 Å². The van der Waals surface area contributed by atoms with E-state index in [1.807, 2.05) is 12.3 Å². The fourth-order valence-electron chi connectivity index (χ4n) is 2.10. The van der Waals surface area contributed by atoms with Gasteiger partial charge in [0.2, 0.25) is 5.91 Å². The van der Waals surface area contributed by atoms with Crippen molar-refractivity contribution in [3.8, 4) is 5.75 Å². The highest BCUT2D eigenvalue weighted by atomic mass is 35.5. The maximum Gasteiger partial charge on any atom is 0.261 e. The lowest BCUT2D eigenvalue weighted by Crippen LogP contribution is -2.27. The molecule has 8 heteroatoms. The Hall–Kier alpha value is -2.09. The maximum absolute atomic E-state index is 12.1. The van der Waals surface area contributed by atoms with Crippen molar-refractivity contribution in [1.29, 1.82) is 0 Å². The normalized spacial score (nSPS) is 10.4. The number of ether oxygens (including phenoxy) is 2. The van der Waals surface area contributed by atoms with Gasteiger partial charge in [0.15, 0.2) is 5.75 Å². The van der Waals surface area contributed by atoms with Crippen molar-refractivity contribution in [3.63, 3.8) is 0 Å². The van der Waals surface area contributed by atoms with Crippen LogP contribution in [0.3, 0.4) is 0 Å². The molecule has 0 atom stereocenters. The second-order valence-corrected chi connectivity index (χ2v) is 6.55. The molecule has 0 aliphatic rings. The minimum Gasteiger partial charge on any atom is -0.487 e. The molecule has 0 aliphatic heterocycles. The lowest BCUT2D eigenvalue weighted by atomic mass is 10.2. The molecule has 2 rings (SSSR count). The molecule has 1 aromatic carbocycles. The van der Waals surface area contributed by atoms with E-state index in [0.717, 1.165) is 0 Å². The van der Waals surface area contributed by atoms with Crippen LogP contribution in [0.2, 0.25) is 5.02 Å². The zero-order valence-electron chi connectivity index (χ0n) is 14.4. The van der Waals surface area contributed by atoms with E-state index in [1.165, 1.54) is 11.3 Å². The van der Waals surface area contributed by atoms with Crippen molar-refractivity contribution < 1.29 is 19.1 Å². The summed E-state index contributed by atoms with van der Waals surface area (Å²) in [6, 6.07) is 8.67. The van der Waals surface area contributed by atoms with Gasteiger partial charge < -0.3 is 20.1 Å². The van der Waals surface area contributed by atoms with Crippen LogP contribution in [0, 0.1) is 0 Å². The first kappa shape index (κ1) is 20.2. The zero-order valence-corrected chi connectivity index (χ0v) is 16.0. The van der Waals surface area contributed by atoms with E-state index in [2.05, 4.69) is 10.6 Å². The Balaban J connectivity index is 1.84. The fourth-order valence-corrected chi connectivity index (χ4v) is 2.97. The van der Waals surface area contributed by atoms with Gasteiger partial charge in [0.1, 0.15) is 6.61 Å². The SMILES string of the molecule is CCOCCOc1c(Cl)cccc1NC(=O)CCNC(=O)c1cccs1. The summed E-state index contributed by atoms with van der Waals surface area (Å²) in [6.07, 6.45) is 0.141. The molecular formula is C18H21ClN2O4S. The van der Waals surface area contributed by atoms with Gasteiger partial charge in [-0.15, -0.1) is 11.3 Å². The van der Waals surface area contributed by atoms with Gasteiger partial charge in [0.05, 0.1) is 22.2 Å². The summed E-state index contributed by atoms with van der Waals surface area (Å²) in [5.74, 6) is -0.0197. The molecular weight excluding hydrogens is 376 g/mol. The minimum atomic E-state index is -0.242. The summed E-state index contributed by atoms with van der Waals surface area (Å²) >= 11 is 7.51. The Labute approximate surface area is 161 Å². The van der Waals surface area contributed by atoms with Gasteiger partial charge >= 0.3 is 0 Å². The second kappa shape index (κ2) is 10.8. The molecule has 26 heavy (non-hydrogen) atoms. The lowest BCUT2D eigenvalue weighted by Gasteiger charge is -2.14. The first-order chi connectivity index (χ1) is 12.6. The van der Waals surface area contributed by atoms with Crippen molar-refractivity contribution in [3.05, 3.63) is 45.6 Å². The Morgan fingerprint density at radius 1 is 1.19 bits per heavy atom. The number of hydrogen-bond acceptors (Lipinski definition) is 5. The van der Waals surface area contributed by atoms with E-state index < -0.39 is 0 Å². The monoisotopic (exact) mass is 396 g/mol. The maximum atomic E-state index is 12.1. The molecule has 0 unspecified atom stereocenters. The standard InChI is InChI=1S/C18H21ClN2O4S/c1-2-24-10-11-25-17-13(19)5-3-6-14(17)21-16(22)8-9-20-18(23)15-7-4-12-26-15/h3-7,12H,2,8-11H2,1H3,(H,20,23)(H,21,22). The van der Waals surface area contributed by atoms with Crippen molar-refractivity contribution in [1.82, 2.24) is 5.32 Å². The van der Waals surface area contributed by atoms with E-state index in [-0.39, 0.29) is 24.8 Å². The van der Waals surface area contributed by atoms with Gasteiger partial charge in [-0.2, -0.15) is 0 Å². The zero-order chi connectivity index (χ0) is 18.8. The number of halogens is 1. The smallest absolute Gasteiger partial charge is 0.261 e. The van der Waals surface area contributed by atoms with Crippen LogP contribution in [-0.4, -0.2) is 38.2 Å². The Morgan fingerprint density at radius 3 is 2.77 bits per heavy atom. The molecule has 6 nitrogen and oxygen atoms in total. The molecule has 0 spiro atoms. The molecule has 0 fully saturated rings. The number of anilines is 1. The topological polar surface area (TPSA) is 76.7 Å². The minimum absolute atomic E-state index is 0.141. The number of para-hydroxylation sites is 1. The summed E-state index contributed by atoms with van der Waals surface area (Å²) in [5, 5.41) is 7.71. The molecule has 0 aliphatic carbocycles. The fraction of sp³-hybridized carbons (Fsp3) is 0.333. The average molecular weight is 397 g/mol. The van der Waals surface area contributed by atoms with Crippen molar-refractivity contribution in [2.45, 2.75) is 13.3 Å². The molecule has 2 aromatic rings. The van der Waals surface area contributed by atoms with E-state index in [0.29, 0.717) is 41.2 Å². The molecule has 0 saturated carbocycles. The van der Waals surface area contributed by atoms with E-state index in [9.17, 15) is 9.59 Å². The third kappa shape index (κ3) is 6.33. The Kier molecular flexibility index (Phi) is 8.40. The predicted molar refractivity (Wildman–Crippen MR) is 103 cm³/mol. The summed E-state index contributed by atoms with van der Waals surface area (Å²) in [6.45, 7) is 3.51. The average Bonchev–Trinajstić information content (AvgIpc) is 3.15. The van der Waals surface area contributed by atoms with Crippen molar-refractivity contribution >= 4 is 40.4 Å². The van der Waals surface area contributed by atoms with Crippen LogP contribution in [0.4, 0.5) is 5.69 Å². The third-order valence-corrected chi connectivity index (χ3v) is 4.47. The molecule has 0 bridgehead atoms. The predicted octanol–water partition coefficient (Wildman–Crippen LogP) is 3.58. The number of nitrogens with one attached hydrogen (secondary N) is 2. The van der Waals surface area contributed by atoms with Crippen LogP contribution in [0.5, 0.6) is 5.75 Å². The van der Waals surface area contributed by atoms with Crippen LogP contribution in [0.25, 0.3) is 0 Å². The van der Waals surface area contributed by atoms with Crippen LogP contribution in [-0.2, 0) is 9.53 Å². The number of benzene rings is 1. The number of hydrogen-bond donors (Lipinski definition) is 2. The van der Waals surface area contributed by atoms with Gasteiger partial charge in [-0.1, -0.05) is 23.7 Å². The molecule has 1 aromatic heterocycles. The second-order valence-electron chi connectivity index (χ2n) is 5.19. The molecule has 0 radical (unpaired) electrons. The quantitative estimate of drug-likeness (QED) is 0.602. The molecule has 2 N–H and O–H groups in total. The summed E-state index contributed by atoms with van der Waals surface area (Å²) in [7, 11) is 0. The Morgan fingerprint density at radius 2 is 2.04 bits per heavy atom. The van der Waals surface area contributed by atoms with Crippen molar-refractivity contribution in [2.24, 2.45) is 0 Å². The summed E-state index contributed by atoms with van der Waals surface area (Å²) < 4.78 is 10.8. The number of rotatable bonds is 10. The molecule has 1 heterocycles. The molecule has 140 valence electrons. The highest BCUT2D eigenvalue weighted by molar-refractivity contribution is 7.12. The van der Waals surface area contributed by atoms with Crippen LogP contribution in [0.15, 0.2) is 35.7 Å². The first-order valence-corrected chi connectivity index (χ1v) is 9.48. The molecule has 2 amide bonds. The van der Waals surface area contributed by atoms with Crippen LogP contribution < -0.4 is 15.4 Å². The van der Waals surface area contributed by atoms with E-state index in [4.69, 9.17) is 21.1 Å². The van der Waals surface area contributed by atoms with Gasteiger partial charge in [-0.3, -0.25) is 9.59 Å². The number of carbonyl (C=O) groups excluding carboxylic acids is 2. The summed E-state index contributed by atoms with van der Waals surface area (Å²) in [4.78, 5) is 24.6. The summed E-state index contributed by atoms with van der Waals surface area (Å²) in [5.41, 5.74) is 0.489. The van der Waals surface area contributed by atoms with Crippen LogP contribution in [0.1, 0.15) is 23.0 Å². The van der Waals surface area contributed by atoms with E-state index >= 15 is 0 Å². The third-order valence-electron chi connectivity index (χ3n) is 3.30. The Bertz CT molecular complexity index is 722. The van der Waals surface area contributed by atoms with Gasteiger partial charge in [0.25, 0.3) is 5.91 Å². The van der Waals surface area contributed by atoms with E-state index in [1.54, 1.807) is 30.3 Å². The van der Waals surface area contributed by atoms with Gasteiger partial charge in [-0.25, -0.2) is 0 Å². The van der Waals surface area contributed by atoms with Crippen molar-refractivity contribution in [2.75, 3.05) is 31.7 Å². The molecule has 0 saturated heterocycles.